The number of amides is 1. The fourth-order valence-electron chi connectivity index (χ4n) is 1.34. The molecule has 0 aliphatic carbocycles. The predicted molar refractivity (Wildman–Crippen MR) is 55.0 cm³/mol. The van der Waals surface area contributed by atoms with Crippen molar-refractivity contribution in [3.05, 3.63) is 29.3 Å². The Morgan fingerprint density at radius 2 is 2.21 bits per heavy atom. The van der Waals surface area contributed by atoms with E-state index in [4.69, 9.17) is 5.73 Å². The molecule has 0 spiro atoms. The van der Waals surface area contributed by atoms with E-state index in [1.165, 1.54) is 0 Å². The largest absolute Gasteiger partial charge is 0.508 e. The molecule has 0 fully saturated rings. The van der Waals surface area contributed by atoms with Crippen molar-refractivity contribution in [1.82, 2.24) is 0 Å². The molecule has 0 saturated carbocycles. The molecule has 0 bridgehead atoms. The number of rotatable bonds is 4. The van der Waals surface area contributed by atoms with Crippen LogP contribution in [-0.4, -0.2) is 11.0 Å². The number of aryl methyl sites for hydroxylation is 2. The van der Waals surface area contributed by atoms with Gasteiger partial charge >= 0.3 is 0 Å². The van der Waals surface area contributed by atoms with Gasteiger partial charge in [-0.3, -0.25) is 4.79 Å². The Hall–Kier alpha value is -1.51. The minimum Gasteiger partial charge on any atom is -0.508 e. The van der Waals surface area contributed by atoms with Gasteiger partial charge in [-0.15, -0.1) is 0 Å². The predicted octanol–water partition coefficient (Wildman–Crippen LogP) is 1.51. The van der Waals surface area contributed by atoms with Gasteiger partial charge in [-0.1, -0.05) is 12.1 Å². The zero-order valence-electron chi connectivity index (χ0n) is 8.29. The van der Waals surface area contributed by atoms with E-state index < -0.39 is 0 Å². The molecular formula is C11H15NO2. The third-order valence-electron chi connectivity index (χ3n) is 2.11. The summed E-state index contributed by atoms with van der Waals surface area (Å²) in [6, 6.07) is 5.55. The highest BCUT2D eigenvalue weighted by Gasteiger charge is 2.02. The first-order chi connectivity index (χ1) is 6.59. The zero-order chi connectivity index (χ0) is 10.6. The van der Waals surface area contributed by atoms with Crippen molar-refractivity contribution in [3.63, 3.8) is 0 Å². The average molecular weight is 193 g/mol. The van der Waals surface area contributed by atoms with Gasteiger partial charge in [0, 0.05) is 6.42 Å². The van der Waals surface area contributed by atoms with Crippen LogP contribution < -0.4 is 5.73 Å². The Kier molecular flexibility index (Phi) is 3.51. The number of hydrogen-bond donors (Lipinski definition) is 2. The van der Waals surface area contributed by atoms with Crippen LogP contribution in [0.3, 0.4) is 0 Å². The normalized spacial score (nSPS) is 10.1. The quantitative estimate of drug-likeness (QED) is 0.761. The monoisotopic (exact) mass is 193 g/mol. The minimum absolute atomic E-state index is 0.295. The zero-order valence-corrected chi connectivity index (χ0v) is 8.29. The van der Waals surface area contributed by atoms with Crippen LogP contribution in [0.15, 0.2) is 18.2 Å². The average Bonchev–Trinajstić information content (AvgIpc) is 2.08. The number of primary amides is 1. The summed E-state index contributed by atoms with van der Waals surface area (Å²) in [6.07, 6.45) is 1.74. The Labute approximate surface area is 83.6 Å². The maximum Gasteiger partial charge on any atom is 0.217 e. The molecule has 76 valence electrons. The number of carbonyl (C=O) groups excluding carboxylic acids is 1. The molecule has 0 saturated heterocycles. The van der Waals surface area contributed by atoms with E-state index in [1.807, 2.05) is 19.1 Å². The van der Waals surface area contributed by atoms with E-state index in [0.717, 1.165) is 11.1 Å². The van der Waals surface area contributed by atoms with Crippen LogP contribution in [0.5, 0.6) is 5.75 Å². The Bertz CT molecular complexity index is 334. The number of phenols is 1. The van der Waals surface area contributed by atoms with Crippen LogP contribution in [0.4, 0.5) is 0 Å². The molecule has 3 nitrogen and oxygen atoms in total. The highest BCUT2D eigenvalue weighted by atomic mass is 16.3. The van der Waals surface area contributed by atoms with Gasteiger partial charge in [-0.2, -0.15) is 0 Å². The topological polar surface area (TPSA) is 63.3 Å². The molecule has 14 heavy (non-hydrogen) atoms. The molecule has 0 aliphatic rings. The van der Waals surface area contributed by atoms with E-state index in [2.05, 4.69) is 0 Å². The van der Waals surface area contributed by atoms with Crippen molar-refractivity contribution in [3.8, 4) is 5.75 Å². The molecule has 3 N–H and O–H groups in total. The summed E-state index contributed by atoms with van der Waals surface area (Å²) in [5, 5.41) is 9.54. The molecule has 0 aromatic heterocycles. The highest BCUT2D eigenvalue weighted by Crippen LogP contribution is 2.20. The summed E-state index contributed by atoms with van der Waals surface area (Å²) >= 11 is 0. The first-order valence-electron chi connectivity index (χ1n) is 4.66. The molecule has 0 aliphatic heterocycles. The molecular weight excluding hydrogens is 178 g/mol. The second-order valence-electron chi connectivity index (χ2n) is 3.45. The lowest BCUT2D eigenvalue weighted by molar-refractivity contribution is -0.118. The Morgan fingerprint density at radius 1 is 1.50 bits per heavy atom. The first kappa shape index (κ1) is 10.6. The lowest BCUT2D eigenvalue weighted by atomic mass is 10.1. The van der Waals surface area contributed by atoms with Gasteiger partial charge in [-0.05, 0) is 37.0 Å². The first-order valence-corrected chi connectivity index (χ1v) is 4.66. The maximum absolute atomic E-state index is 10.5. The second kappa shape index (κ2) is 4.65. The number of hydrogen-bond acceptors (Lipinski definition) is 2. The summed E-state index contributed by atoms with van der Waals surface area (Å²) in [4.78, 5) is 10.5. The third kappa shape index (κ3) is 3.09. The van der Waals surface area contributed by atoms with Crippen molar-refractivity contribution < 1.29 is 9.90 Å². The van der Waals surface area contributed by atoms with Gasteiger partial charge in [0.15, 0.2) is 0 Å². The summed E-state index contributed by atoms with van der Waals surface area (Å²) in [6.45, 7) is 1.92. The van der Waals surface area contributed by atoms with Crippen LogP contribution in [0, 0.1) is 6.92 Å². The van der Waals surface area contributed by atoms with Gasteiger partial charge in [0.1, 0.15) is 5.75 Å². The smallest absolute Gasteiger partial charge is 0.217 e. The van der Waals surface area contributed by atoms with Crippen LogP contribution >= 0.6 is 0 Å². The minimum atomic E-state index is -0.295. The van der Waals surface area contributed by atoms with E-state index in [0.29, 0.717) is 25.0 Å². The third-order valence-corrected chi connectivity index (χ3v) is 2.11. The molecule has 0 radical (unpaired) electrons. The number of benzene rings is 1. The van der Waals surface area contributed by atoms with Gasteiger partial charge in [0.2, 0.25) is 5.91 Å². The lowest BCUT2D eigenvalue weighted by Gasteiger charge is -2.04. The molecule has 0 atom stereocenters. The Balaban J connectivity index is 2.55. The fourth-order valence-corrected chi connectivity index (χ4v) is 1.34. The van der Waals surface area contributed by atoms with Crippen molar-refractivity contribution >= 4 is 5.91 Å². The van der Waals surface area contributed by atoms with E-state index in [-0.39, 0.29) is 5.91 Å². The van der Waals surface area contributed by atoms with Crippen LogP contribution in [0.25, 0.3) is 0 Å². The molecule has 1 rings (SSSR count). The van der Waals surface area contributed by atoms with Gasteiger partial charge < -0.3 is 10.8 Å². The van der Waals surface area contributed by atoms with Gasteiger partial charge in [0.25, 0.3) is 0 Å². The van der Waals surface area contributed by atoms with Crippen LogP contribution in [0.2, 0.25) is 0 Å². The molecule has 0 heterocycles. The summed E-state index contributed by atoms with van der Waals surface area (Å²) in [5.74, 6) is 0.00562. The number of aromatic hydroxyl groups is 1. The van der Waals surface area contributed by atoms with Crippen molar-refractivity contribution in [2.45, 2.75) is 26.2 Å². The molecule has 1 aromatic carbocycles. The lowest BCUT2D eigenvalue weighted by Crippen LogP contribution is -2.10. The number of carbonyl (C=O) groups is 1. The summed E-state index contributed by atoms with van der Waals surface area (Å²) < 4.78 is 0. The SMILES string of the molecule is Cc1ccc(CCCC(N)=O)c(O)c1. The van der Waals surface area contributed by atoms with Gasteiger partial charge in [0.05, 0.1) is 0 Å². The standard InChI is InChI=1S/C11H15NO2/c1-8-5-6-9(10(13)7-8)3-2-4-11(12)14/h5-7,13H,2-4H2,1H3,(H2,12,14). The highest BCUT2D eigenvalue weighted by molar-refractivity contribution is 5.73. The maximum atomic E-state index is 10.5. The van der Waals surface area contributed by atoms with Crippen LogP contribution in [-0.2, 0) is 11.2 Å². The van der Waals surface area contributed by atoms with Crippen molar-refractivity contribution in [2.24, 2.45) is 5.73 Å². The summed E-state index contributed by atoms with van der Waals surface area (Å²) in [5.41, 5.74) is 6.92. The van der Waals surface area contributed by atoms with Crippen LogP contribution in [0.1, 0.15) is 24.0 Å². The Morgan fingerprint density at radius 3 is 2.79 bits per heavy atom. The number of phenolic OH excluding ortho intramolecular Hbond substituents is 1. The fraction of sp³-hybridized carbons (Fsp3) is 0.364. The van der Waals surface area contributed by atoms with E-state index in [1.54, 1.807) is 6.07 Å². The summed E-state index contributed by atoms with van der Waals surface area (Å²) in [7, 11) is 0. The van der Waals surface area contributed by atoms with Gasteiger partial charge in [-0.25, -0.2) is 0 Å². The van der Waals surface area contributed by atoms with Crippen molar-refractivity contribution in [1.29, 1.82) is 0 Å². The number of nitrogens with two attached hydrogens (primary N) is 1. The molecule has 3 heteroatoms. The van der Waals surface area contributed by atoms with E-state index in [9.17, 15) is 9.90 Å². The van der Waals surface area contributed by atoms with Crippen molar-refractivity contribution in [2.75, 3.05) is 0 Å². The van der Waals surface area contributed by atoms with E-state index >= 15 is 0 Å². The molecule has 0 unspecified atom stereocenters. The molecule has 1 aromatic rings. The molecule has 1 amide bonds. The second-order valence-corrected chi connectivity index (χ2v) is 3.45.